The number of hydrogen-bond donors (Lipinski definition) is 1. The summed E-state index contributed by atoms with van der Waals surface area (Å²) in [7, 11) is 1.94. The zero-order valence-corrected chi connectivity index (χ0v) is 13.3. The van der Waals surface area contributed by atoms with Crippen LogP contribution < -0.4 is 5.32 Å². The molecule has 0 unspecified atom stereocenters. The Morgan fingerprint density at radius 1 is 1.38 bits per heavy atom. The van der Waals surface area contributed by atoms with E-state index >= 15 is 0 Å². The second-order valence-electron chi connectivity index (χ2n) is 5.90. The third-order valence-corrected chi connectivity index (χ3v) is 4.00. The molecule has 1 heterocycles. The van der Waals surface area contributed by atoms with Crippen molar-refractivity contribution in [2.45, 2.75) is 31.4 Å². The molecule has 0 aliphatic carbocycles. The number of carbonyl (C=O) groups excluding carboxylic acids is 1. The summed E-state index contributed by atoms with van der Waals surface area (Å²) in [6.07, 6.45) is -3.05. The molecule has 1 atom stereocenters. The molecular formula is C16H20F4N2O2. The molecule has 1 aliphatic heterocycles. The lowest BCUT2D eigenvalue weighted by molar-refractivity contribution is -0.168. The van der Waals surface area contributed by atoms with E-state index < -0.39 is 31.5 Å². The molecule has 1 amide bonds. The summed E-state index contributed by atoms with van der Waals surface area (Å²) in [6.45, 7) is -1.06. The number of ether oxygens (including phenoxy) is 1. The Morgan fingerprint density at radius 3 is 2.71 bits per heavy atom. The maximum absolute atomic E-state index is 12.7. The monoisotopic (exact) mass is 348 g/mol. The van der Waals surface area contributed by atoms with Crippen molar-refractivity contribution in [3.05, 3.63) is 35.4 Å². The number of alkyl halides is 4. The summed E-state index contributed by atoms with van der Waals surface area (Å²) in [6, 6.07) is 8.09. The van der Waals surface area contributed by atoms with Crippen molar-refractivity contribution in [3.63, 3.8) is 0 Å². The zero-order chi connectivity index (χ0) is 17.7. The second kappa shape index (κ2) is 7.94. The molecule has 0 saturated heterocycles. The summed E-state index contributed by atoms with van der Waals surface area (Å²) < 4.78 is 53.6. The molecule has 0 bridgehead atoms. The largest absolute Gasteiger partial charge is 0.365 e. The maximum Gasteiger partial charge on any atom is 0.330 e. The fourth-order valence-electron chi connectivity index (χ4n) is 2.57. The van der Waals surface area contributed by atoms with Crippen molar-refractivity contribution in [3.8, 4) is 0 Å². The lowest BCUT2D eigenvalue weighted by Gasteiger charge is -2.34. The van der Waals surface area contributed by atoms with Crippen LogP contribution in [-0.4, -0.2) is 56.0 Å². The number of carbonyl (C=O) groups is 1. The summed E-state index contributed by atoms with van der Waals surface area (Å²) in [4.78, 5) is 13.7. The van der Waals surface area contributed by atoms with E-state index in [-0.39, 0.29) is 6.04 Å². The molecule has 1 aliphatic rings. The van der Waals surface area contributed by atoms with Crippen molar-refractivity contribution in [1.82, 2.24) is 10.2 Å². The van der Waals surface area contributed by atoms with Crippen LogP contribution in [-0.2, 0) is 22.5 Å². The first-order chi connectivity index (χ1) is 11.3. The first-order valence-corrected chi connectivity index (χ1v) is 7.57. The Balaban J connectivity index is 1.74. The molecule has 24 heavy (non-hydrogen) atoms. The molecule has 0 fully saturated rings. The molecule has 4 nitrogen and oxygen atoms in total. The SMILES string of the molecule is CN1Cc2ccccc2C[C@H]1CNC(=O)COCC(F)(F)C(F)F. The molecule has 0 saturated carbocycles. The summed E-state index contributed by atoms with van der Waals surface area (Å²) in [5, 5.41) is 2.59. The summed E-state index contributed by atoms with van der Waals surface area (Å²) in [5.74, 6) is -4.85. The van der Waals surface area contributed by atoms with Crippen LogP contribution in [0.25, 0.3) is 0 Å². The number of nitrogens with zero attached hydrogens (tertiary/aromatic N) is 1. The molecule has 0 aromatic heterocycles. The van der Waals surface area contributed by atoms with Crippen LogP contribution in [0.5, 0.6) is 0 Å². The van der Waals surface area contributed by atoms with Crippen LogP contribution >= 0.6 is 0 Å². The van der Waals surface area contributed by atoms with Gasteiger partial charge >= 0.3 is 12.3 Å². The Bertz CT molecular complexity index is 569. The van der Waals surface area contributed by atoms with E-state index in [0.29, 0.717) is 6.54 Å². The van der Waals surface area contributed by atoms with E-state index in [0.717, 1.165) is 13.0 Å². The minimum absolute atomic E-state index is 0.0753. The van der Waals surface area contributed by atoms with Crippen molar-refractivity contribution < 1.29 is 27.1 Å². The van der Waals surface area contributed by atoms with Gasteiger partial charge in [-0.3, -0.25) is 9.69 Å². The van der Waals surface area contributed by atoms with Gasteiger partial charge in [0.15, 0.2) is 0 Å². The van der Waals surface area contributed by atoms with Crippen LogP contribution in [0.3, 0.4) is 0 Å². The number of likely N-dealkylation sites (N-methyl/N-ethyl adjacent to an activating group) is 1. The van der Waals surface area contributed by atoms with Gasteiger partial charge in [-0.1, -0.05) is 24.3 Å². The average Bonchev–Trinajstić information content (AvgIpc) is 2.52. The molecule has 1 aromatic rings. The minimum Gasteiger partial charge on any atom is -0.365 e. The lowest BCUT2D eigenvalue weighted by atomic mass is 9.94. The highest BCUT2D eigenvalue weighted by molar-refractivity contribution is 5.77. The molecule has 1 N–H and O–H groups in total. The van der Waals surface area contributed by atoms with Gasteiger partial charge in [0, 0.05) is 19.1 Å². The Kier molecular flexibility index (Phi) is 6.17. The van der Waals surface area contributed by atoms with Gasteiger partial charge in [-0.05, 0) is 24.6 Å². The van der Waals surface area contributed by atoms with E-state index in [2.05, 4.69) is 21.0 Å². The fourth-order valence-corrected chi connectivity index (χ4v) is 2.57. The molecule has 134 valence electrons. The van der Waals surface area contributed by atoms with Gasteiger partial charge in [0.05, 0.1) is 0 Å². The fraction of sp³-hybridized carbons (Fsp3) is 0.562. The lowest BCUT2D eigenvalue weighted by Crippen LogP contribution is -2.46. The van der Waals surface area contributed by atoms with Crippen molar-refractivity contribution >= 4 is 5.91 Å². The third-order valence-electron chi connectivity index (χ3n) is 4.00. The molecular weight excluding hydrogens is 328 g/mol. The van der Waals surface area contributed by atoms with Crippen molar-refractivity contribution in [1.29, 1.82) is 0 Å². The first-order valence-electron chi connectivity index (χ1n) is 7.57. The maximum atomic E-state index is 12.7. The van der Waals surface area contributed by atoms with E-state index in [9.17, 15) is 22.4 Å². The molecule has 8 heteroatoms. The minimum atomic E-state index is -4.24. The van der Waals surface area contributed by atoms with Gasteiger partial charge in [-0.2, -0.15) is 8.78 Å². The molecule has 0 radical (unpaired) electrons. The van der Waals surface area contributed by atoms with Gasteiger partial charge in [-0.25, -0.2) is 8.78 Å². The quantitative estimate of drug-likeness (QED) is 0.767. The topological polar surface area (TPSA) is 41.6 Å². The smallest absolute Gasteiger partial charge is 0.330 e. The van der Waals surface area contributed by atoms with Crippen LogP contribution in [0, 0.1) is 0 Å². The number of rotatable bonds is 7. The number of hydrogen-bond acceptors (Lipinski definition) is 3. The summed E-state index contributed by atoms with van der Waals surface area (Å²) >= 11 is 0. The first kappa shape index (κ1) is 18.7. The van der Waals surface area contributed by atoms with Gasteiger partial charge in [0.25, 0.3) is 0 Å². The number of amides is 1. The van der Waals surface area contributed by atoms with Gasteiger partial charge in [0.1, 0.15) is 13.2 Å². The molecule has 0 spiro atoms. The van der Waals surface area contributed by atoms with E-state index in [1.54, 1.807) is 0 Å². The number of nitrogens with one attached hydrogen (secondary N) is 1. The zero-order valence-electron chi connectivity index (χ0n) is 13.3. The normalized spacial score (nSPS) is 18.5. The van der Waals surface area contributed by atoms with Gasteiger partial charge in [-0.15, -0.1) is 0 Å². The Hall–Kier alpha value is -1.67. The highest BCUT2D eigenvalue weighted by atomic mass is 19.3. The van der Waals surface area contributed by atoms with Gasteiger partial charge < -0.3 is 10.1 Å². The Morgan fingerprint density at radius 2 is 2.04 bits per heavy atom. The summed E-state index contributed by atoms with van der Waals surface area (Å²) in [5.41, 5.74) is 2.45. The number of fused-ring (bicyclic) bond motifs is 1. The molecule has 1 aromatic carbocycles. The van der Waals surface area contributed by atoms with Crippen molar-refractivity contribution in [2.75, 3.05) is 26.8 Å². The van der Waals surface area contributed by atoms with E-state index in [4.69, 9.17) is 0 Å². The predicted molar refractivity (Wildman–Crippen MR) is 80.2 cm³/mol. The standard InChI is InChI=1S/C16H20F4N2O2/c1-22-8-12-5-3-2-4-11(12)6-13(22)7-21-14(23)9-24-10-16(19,20)15(17)18/h2-5,13,15H,6-10H2,1H3,(H,21,23)/t13-/m0/s1. The highest BCUT2D eigenvalue weighted by Gasteiger charge is 2.41. The second-order valence-corrected chi connectivity index (χ2v) is 5.90. The van der Waals surface area contributed by atoms with Crippen molar-refractivity contribution in [2.24, 2.45) is 0 Å². The number of halogens is 4. The van der Waals surface area contributed by atoms with Crippen LogP contribution in [0.4, 0.5) is 17.6 Å². The van der Waals surface area contributed by atoms with Gasteiger partial charge in [0.2, 0.25) is 5.91 Å². The predicted octanol–water partition coefficient (Wildman–Crippen LogP) is 2.08. The third kappa shape index (κ3) is 4.91. The molecule has 2 rings (SSSR count). The Labute approximate surface area is 137 Å². The van der Waals surface area contributed by atoms with Crippen LogP contribution in [0.2, 0.25) is 0 Å². The average molecular weight is 348 g/mol. The van der Waals surface area contributed by atoms with E-state index in [1.165, 1.54) is 11.1 Å². The highest BCUT2D eigenvalue weighted by Crippen LogP contribution is 2.23. The number of benzene rings is 1. The van der Waals surface area contributed by atoms with Crippen LogP contribution in [0.1, 0.15) is 11.1 Å². The van der Waals surface area contributed by atoms with E-state index in [1.807, 2.05) is 25.2 Å². The van der Waals surface area contributed by atoms with Crippen LogP contribution in [0.15, 0.2) is 24.3 Å².